The van der Waals surface area contributed by atoms with Crippen molar-refractivity contribution < 1.29 is 13.9 Å². The zero-order valence-corrected chi connectivity index (χ0v) is 11.6. The Balaban J connectivity index is 1.70. The van der Waals surface area contributed by atoms with Gasteiger partial charge in [0.2, 0.25) is 0 Å². The highest BCUT2D eigenvalue weighted by molar-refractivity contribution is 5.95. The first-order valence-electron chi connectivity index (χ1n) is 6.90. The van der Waals surface area contributed by atoms with Crippen molar-refractivity contribution in [1.29, 1.82) is 0 Å². The Kier molecular flexibility index (Phi) is 5.29. The van der Waals surface area contributed by atoms with Crippen LogP contribution in [0.25, 0.3) is 0 Å². The minimum Gasteiger partial charge on any atom is -0.381 e. The molecule has 0 bridgehead atoms. The number of nitrogens with one attached hydrogen (secondary N) is 2. The van der Waals surface area contributed by atoms with Crippen LogP contribution in [0.4, 0.5) is 10.2 Å². The first-order chi connectivity index (χ1) is 9.72. The van der Waals surface area contributed by atoms with E-state index in [4.69, 9.17) is 4.74 Å². The number of amides is 1. The van der Waals surface area contributed by atoms with E-state index in [-0.39, 0.29) is 11.4 Å². The van der Waals surface area contributed by atoms with Crippen LogP contribution in [0.3, 0.4) is 0 Å². The van der Waals surface area contributed by atoms with Gasteiger partial charge in [-0.1, -0.05) is 0 Å². The van der Waals surface area contributed by atoms with Crippen molar-refractivity contribution in [2.45, 2.75) is 19.3 Å². The molecule has 0 radical (unpaired) electrons. The van der Waals surface area contributed by atoms with E-state index in [1.165, 1.54) is 25.1 Å². The van der Waals surface area contributed by atoms with Crippen LogP contribution in [0.15, 0.2) is 12.3 Å². The average molecular weight is 281 g/mol. The normalized spacial score (nSPS) is 14.1. The Morgan fingerprint density at radius 1 is 1.55 bits per heavy atom. The monoisotopic (exact) mass is 281 g/mol. The number of aromatic nitrogens is 1. The highest BCUT2D eigenvalue weighted by Crippen LogP contribution is 2.28. The second-order valence-corrected chi connectivity index (χ2v) is 4.90. The van der Waals surface area contributed by atoms with Crippen molar-refractivity contribution >= 4 is 11.7 Å². The number of ether oxygens (including phenoxy) is 1. The van der Waals surface area contributed by atoms with Crippen molar-refractivity contribution in [3.05, 3.63) is 23.6 Å². The smallest absolute Gasteiger partial charge is 0.254 e. The maximum atomic E-state index is 13.8. The van der Waals surface area contributed by atoms with Crippen LogP contribution < -0.4 is 10.6 Å². The van der Waals surface area contributed by atoms with Gasteiger partial charge < -0.3 is 15.4 Å². The van der Waals surface area contributed by atoms with E-state index < -0.39 is 11.7 Å². The fraction of sp³-hybridized carbons (Fsp3) is 0.571. The maximum Gasteiger partial charge on any atom is 0.254 e. The maximum absolute atomic E-state index is 13.8. The summed E-state index contributed by atoms with van der Waals surface area (Å²) in [6.45, 7) is 1.91. The lowest BCUT2D eigenvalue weighted by Gasteiger charge is -2.08. The molecule has 6 heteroatoms. The standard InChI is InChI=1S/C14H20FN3O2/c1-16-13-12(15)11(5-7-17-13)14(19)18-6-2-8-20-9-10-3-4-10/h5,7,10H,2-4,6,8-9H2,1H3,(H,16,17)(H,18,19). The van der Waals surface area contributed by atoms with Gasteiger partial charge in [-0.05, 0) is 31.2 Å². The Morgan fingerprint density at radius 3 is 3.05 bits per heavy atom. The molecule has 2 rings (SSSR count). The summed E-state index contributed by atoms with van der Waals surface area (Å²) in [6.07, 6.45) is 4.67. The lowest BCUT2D eigenvalue weighted by molar-refractivity contribution is 0.0933. The summed E-state index contributed by atoms with van der Waals surface area (Å²) in [7, 11) is 1.56. The number of rotatable bonds is 8. The van der Waals surface area contributed by atoms with Crippen LogP contribution in [-0.4, -0.2) is 37.7 Å². The van der Waals surface area contributed by atoms with Crippen molar-refractivity contribution in [2.75, 3.05) is 32.1 Å². The Hall–Kier alpha value is -1.69. The molecule has 1 fully saturated rings. The molecule has 1 saturated carbocycles. The summed E-state index contributed by atoms with van der Waals surface area (Å²) in [4.78, 5) is 15.6. The molecule has 110 valence electrons. The molecule has 0 aliphatic heterocycles. The number of halogens is 1. The van der Waals surface area contributed by atoms with E-state index in [0.717, 1.165) is 18.9 Å². The van der Waals surface area contributed by atoms with Crippen molar-refractivity contribution in [1.82, 2.24) is 10.3 Å². The molecular weight excluding hydrogens is 261 g/mol. The van der Waals surface area contributed by atoms with Gasteiger partial charge in [0.1, 0.15) is 0 Å². The number of hydrogen-bond acceptors (Lipinski definition) is 4. The van der Waals surface area contributed by atoms with E-state index in [2.05, 4.69) is 15.6 Å². The molecule has 0 aromatic carbocycles. The Labute approximate surface area is 117 Å². The van der Waals surface area contributed by atoms with E-state index >= 15 is 0 Å². The molecule has 0 atom stereocenters. The Morgan fingerprint density at radius 2 is 2.35 bits per heavy atom. The van der Waals surface area contributed by atoms with Gasteiger partial charge in [0.25, 0.3) is 5.91 Å². The van der Waals surface area contributed by atoms with Crippen LogP contribution in [0.2, 0.25) is 0 Å². The highest BCUT2D eigenvalue weighted by atomic mass is 19.1. The first kappa shape index (κ1) is 14.7. The molecule has 5 nitrogen and oxygen atoms in total. The predicted octanol–water partition coefficient (Wildman–Crippen LogP) is 1.81. The molecule has 1 aromatic rings. The Bertz CT molecular complexity index is 464. The van der Waals surface area contributed by atoms with E-state index in [0.29, 0.717) is 13.2 Å². The van der Waals surface area contributed by atoms with Gasteiger partial charge >= 0.3 is 0 Å². The second kappa shape index (κ2) is 7.19. The van der Waals surface area contributed by atoms with E-state index in [1.54, 1.807) is 7.05 Å². The summed E-state index contributed by atoms with van der Waals surface area (Å²) in [6, 6.07) is 1.37. The lowest BCUT2D eigenvalue weighted by Crippen LogP contribution is -2.26. The topological polar surface area (TPSA) is 63.2 Å². The minimum absolute atomic E-state index is 0.00301. The molecule has 1 amide bonds. The van der Waals surface area contributed by atoms with Crippen LogP contribution in [0, 0.1) is 11.7 Å². The SMILES string of the molecule is CNc1nccc(C(=O)NCCCOCC2CC2)c1F. The molecule has 0 saturated heterocycles. The third kappa shape index (κ3) is 4.16. The third-order valence-corrected chi connectivity index (χ3v) is 3.17. The number of hydrogen-bond donors (Lipinski definition) is 2. The van der Waals surface area contributed by atoms with Gasteiger partial charge in [0.15, 0.2) is 11.6 Å². The fourth-order valence-electron chi connectivity index (χ4n) is 1.80. The molecular formula is C14H20FN3O2. The average Bonchev–Trinajstić information content (AvgIpc) is 3.27. The zero-order chi connectivity index (χ0) is 14.4. The van der Waals surface area contributed by atoms with Crippen molar-refractivity contribution in [3.63, 3.8) is 0 Å². The van der Waals surface area contributed by atoms with Gasteiger partial charge in [-0.2, -0.15) is 0 Å². The molecule has 2 N–H and O–H groups in total. The van der Waals surface area contributed by atoms with Crippen molar-refractivity contribution in [2.24, 2.45) is 5.92 Å². The summed E-state index contributed by atoms with van der Waals surface area (Å²) in [5.74, 6) is -0.234. The van der Waals surface area contributed by atoms with Crippen LogP contribution in [0.5, 0.6) is 0 Å². The lowest BCUT2D eigenvalue weighted by atomic mass is 10.2. The van der Waals surface area contributed by atoms with Crippen molar-refractivity contribution in [3.8, 4) is 0 Å². The summed E-state index contributed by atoms with van der Waals surface area (Å²) < 4.78 is 19.3. The quantitative estimate of drug-likeness (QED) is 0.713. The first-order valence-corrected chi connectivity index (χ1v) is 6.90. The van der Waals surface area contributed by atoms with Gasteiger partial charge in [-0.15, -0.1) is 0 Å². The highest BCUT2D eigenvalue weighted by Gasteiger charge is 2.20. The van der Waals surface area contributed by atoms with E-state index in [9.17, 15) is 9.18 Å². The van der Waals surface area contributed by atoms with Gasteiger partial charge in [-0.3, -0.25) is 4.79 Å². The number of pyridine rings is 1. The molecule has 20 heavy (non-hydrogen) atoms. The molecule has 1 aliphatic carbocycles. The predicted molar refractivity (Wildman–Crippen MR) is 74.2 cm³/mol. The molecule has 1 aromatic heterocycles. The number of carbonyl (C=O) groups excluding carboxylic acids is 1. The molecule has 1 heterocycles. The van der Waals surface area contributed by atoms with Gasteiger partial charge in [0, 0.05) is 33.0 Å². The summed E-state index contributed by atoms with van der Waals surface area (Å²) >= 11 is 0. The van der Waals surface area contributed by atoms with Crippen LogP contribution in [-0.2, 0) is 4.74 Å². The third-order valence-electron chi connectivity index (χ3n) is 3.17. The summed E-state index contributed by atoms with van der Waals surface area (Å²) in [5.41, 5.74) is 0.00301. The van der Waals surface area contributed by atoms with Crippen LogP contribution in [0.1, 0.15) is 29.6 Å². The largest absolute Gasteiger partial charge is 0.381 e. The van der Waals surface area contributed by atoms with Gasteiger partial charge in [0.05, 0.1) is 5.56 Å². The fourth-order valence-corrected chi connectivity index (χ4v) is 1.80. The molecule has 0 spiro atoms. The minimum atomic E-state index is -0.627. The number of nitrogens with zero attached hydrogens (tertiary/aromatic N) is 1. The number of anilines is 1. The van der Waals surface area contributed by atoms with Gasteiger partial charge in [-0.25, -0.2) is 9.37 Å². The molecule has 1 aliphatic rings. The number of carbonyl (C=O) groups is 1. The second-order valence-electron chi connectivity index (χ2n) is 4.90. The zero-order valence-electron chi connectivity index (χ0n) is 11.6. The van der Waals surface area contributed by atoms with E-state index in [1.807, 2.05) is 0 Å². The summed E-state index contributed by atoms with van der Waals surface area (Å²) in [5, 5.41) is 5.29. The molecule has 0 unspecified atom stereocenters. The van der Waals surface area contributed by atoms with Crippen LogP contribution >= 0.6 is 0 Å².